The molecule has 138 valence electrons. The third kappa shape index (κ3) is 3.28. The van der Waals surface area contributed by atoms with Gasteiger partial charge in [0.25, 0.3) is 0 Å². The highest BCUT2D eigenvalue weighted by Crippen LogP contribution is 2.49. The zero-order valence-electron chi connectivity index (χ0n) is 15.2. The first kappa shape index (κ1) is 17.5. The summed E-state index contributed by atoms with van der Waals surface area (Å²) >= 11 is 1.41. The number of nitrogens with one attached hydrogen (secondary N) is 1. The van der Waals surface area contributed by atoms with Gasteiger partial charge >= 0.3 is 0 Å². The molecule has 6 heteroatoms. The van der Waals surface area contributed by atoms with E-state index >= 15 is 0 Å². The lowest BCUT2D eigenvalue weighted by Gasteiger charge is -2.14. The number of ether oxygens (including phenoxy) is 2. The van der Waals surface area contributed by atoms with Crippen molar-refractivity contribution in [1.82, 2.24) is 4.98 Å². The van der Waals surface area contributed by atoms with Crippen molar-refractivity contribution in [2.24, 2.45) is 0 Å². The van der Waals surface area contributed by atoms with Crippen LogP contribution in [0.3, 0.4) is 0 Å². The van der Waals surface area contributed by atoms with Gasteiger partial charge < -0.3 is 14.8 Å². The van der Waals surface area contributed by atoms with Crippen molar-refractivity contribution in [3.63, 3.8) is 0 Å². The first-order chi connectivity index (χ1) is 13.2. The van der Waals surface area contributed by atoms with Gasteiger partial charge in [-0.1, -0.05) is 30.3 Å². The summed E-state index contributed by atoms with van der Waals surface area (Å²) in [4.78, 5) is 17.5. The monoisotopic (exact) mass is 380 g/mol. The van der Waals surface area contributed by atoms with Crippen molar-refractivity contribution in [2.45, 2.75) is 18.3 Å². The second-order valence-electron chi connectivity index (χ2n) is 6.51. The van der Waals surface area contributed by atoms with E-state index in [9.17, 15) is 4.79 Å². The lowest BCUT2D eigenvalue weighted by Crippen LogP contribution is -2.27. The van der Waals surface area contributed by atoms with Crippen molar-refractivity contribution < 1.29 is 14.3 Å². The molecule has 5 nitrogen and oxygen atoms in total. The summed E-state index contributed by atoms with van der Waals surface area (Å²) in [5, 5.41) is 5.49. The normalized spacial score (nSPS) is 14.4. The topological polar surface area (TPSA) is 60.5 Å². The first-order valence-corrected chi connectivity index (χ1v) is 9.59. The highest BCUT2D eigenvalue weighted by atomic mass is 32.1. The largest absolute Gasteiger partial charge is 0.497 e. The van der Waals surface area contributed by atoms with Crippen LogP contribution in [0.15, 0.2) is 53.9 Å². The second-order valence-corrected chi connectivity index (χ2v) is 7.36. The fourth-order valence-corrected chi connectivity index (χ4v) is 3.92. The van der Waals surface area contributed by atoms with Crippen LogP contribution in [0.4, 0.5) is 5.13 Å². The Balaban J connectivity index is 1.57. The Morgan fingerprint density at radius 2 is 1.89 bits per heavy atom. The van der Waals surface area contributed by atoms with E-state index < -0.39 is 5.41 Å². The van der Waals surface area contributed by atoms with E-state index in [4.69, 9.17) is 9.47 Å². The Morgan fingerprint density at radius 1 is 1.11 bits per heavy atom. The number of rotatable bonds is 6. The molecule has 0 radical (unpaired) electrons. The average Bonchev–Trinajstić information content (AvgIpc) is 3.41. The number of carbonyl (C=O) groups is 1. The lowest BCUT2D eigenvalue weighted by molar-refractivity contribution is -0.118. The van der Waals surface area contributed by atoms with Crippen LogP contribution < -0.4 is 14.8 Å². The molecule has 1 N–H and O–H groups in total. The number of aromatic nitrogens is 1. The number of carbonyl (C=O) groups excluding carboxylic acids is 1. The molecule has 1 aliphatic rings. The number of hydrogen-bond acceptors (Lipinski definition) is 5. The van der Waals surface area contributed by atoms with Crippen molar-refractivity contribution in [1.29, 1.82) is 0 Å². The third-order valence-corrected chi connectivity index (χ3v) is 5.68. The molecule has 0 aliphatic heterocycles. The van der Waals surface area contributed by atoms with Crippen LogP contribution in [0.5, 0.6) is 11.5 Å². The minimum Gasteiger partial charge on any atom is -0.497 e. The highest BCUT2D eigenvalue weighted by Gasteiger charge is 2.51. The Morgan fingerprint density at radius 3 is 2.56 bits per heavy atom. The predicted octanol–water partition coefficient (Wildman–Crippen LogP) is 4.50. The molecular weight excluding hydrogens is 360 g/mol. The predicted molar refractivity (Wildman–Crippen MR) is 107 cm³/mol. The van der Waals surface area contributed by atoms with Gasteiger partial charge in [-0.2, -0.15) is 0 Å². The van der Waals surface area contributed by atoms with Crippen LogP contribution in [0.25, 0.3) is 11.3 Å². The number of anilines is 1. The molecule has 1 saturated carbocycles. The van der Waals surface area contributed by atoms with Crippen LogP contribution in [0.1, 0.15) is 18.4 Å². The molecule has 0 spiro atoms. The van der Waals surface area contributed by atoms with E-state index in [1.807, 2.05) is 53.9 Å². The van der Waals surface area contributed by atoms with Crippen LogP contribution in [-0.2, 0) is 10.2 Å². The molecule has 1 amide bonds. The molecule has 0 bridgehead atoms. The van der Waals surface area contributed by atoms with Crippen molar-refractivity contribution in [3.8, 4) is 22.8 Å². The summed E-state index contributed by atoms with van der Waals surface area (Å²) in [6.07, 6.45) is 1.73. The molecule has 4 rings (SSSR count). The molecule has 1 aliphatic carbocycles. The van der Waals surface area contributed by atoms with Gasteiger partial charge in [0, 0.05) is 10.9 Å². The zero-order chi connectivity index (χ0) is 18.9. The average molecular weight is 380 g/mol. The van der Waals surface area contributed by atoms with Crippen LogP contribution >= 0.6 is 11.3 Å². The molecule has 1 aromatic heterocycles. The smallest absolute Gasteiger partial charge is 0.236 e. The van der Waals surface area contributed by atoms with E-state index in [1.54, 1.807) is 14.2 Å². The molecule has 2 aromatic carbocycles. The van der Waals surface area contributed by atoms with Gasteiger partial charge in [-0.05, 0) is 36.6 Å². The van der Waals surface area contributed by atoms with E-state index in [2.05, 4.69) is 10.3 Å². The quantitative estimate of drug-likeness (QED) is 0.684. The summed E-state index contributed by atoms with van der Waals surface area (Å²) in [5.41, 5.74) is 2.22. The van der Waals surface area contributed by atoms with Gasteiger partial charge in [-0.25, -0.2) is 4.98 Å². The fraction of sp³-hybridized carbons (Fsp3) is 0.238. The molecule has 3 aromatic rings. The van der Waals surface area contributed by atoms with Crippen molar-refractivity contribution in [2.75, 3.05) is 19.5 Å². The van der Waals surface area contributed by atoms with Gasteiger partial charge in [0.1, 0.15) is 11.5 Å². The summed E-state index contributed by atoms with van der Waals surface area (Å²) in [6, 6.07) is 15.5. The number of nitrogens with zero attached hydrogens (tertiary/aromatic N) is 1. The van der Waals surface area contributed by atoms with E-state index in [-0.39, 0.29) is 5.91 Å². The number of benzene rings is 2. The van der Waals surface area contributed by atoms with Crippen LogP contribution in [-0.4, -0.2) is 25.1 Å². The molecular formula is C21H20N2O3S. The minimum atomic E-state index is -0.416. The van der Waals surface area contributed by atoms with Crippen LogP contribution in [0, 0.1) is 0 Å². The minimum absolute atomic E-state index is 0.00667. The number of hydrogen-bond donors (Lipinski definition) is 1. The van der Waals surface area contributed by atoms with E-state index in [0.29, 0.717) is 10.9 Å². The Labute approximate surface area is 162 Å². The molecule has 0 saturated heterocycles. The number of thiazole rings is 1. The molecule has 1 heterocycles. The Kier molecular flexibility index (Phi) is 4.58. The Hall–Kier alpha value is -2.86. The van der Waals surface area contributed by atoms with Crippen molar-refractivity contribution in [3.05, 3.63) is 59.5 Å². The highest BCUT2D eigenvalue weighted by molar-refractivity contribution is 7.14. The molecule has 27 heavy (non-hydrogen) atoms. The summed E-state index contributed by atoms with van der Waals surface area (Å²) < 4.78 is 10.7. The maximum Gasteiger partial charge on any atom is 0.236 e. The maximum atomic E-state index is 12.9. The summed E-state index contributed by atoms with van der Waals surface area (Å²) in [6.45, 7) is 0. The fourth-order valence-electron chi connectivity index (χ4n) is 3.21. The van der Waals surface area contributed by atoms with Gasteiger partial charge in [-0.15, -0.1) is 11.3 Å². The Bertz CT molecular complexity index is 965. The lowest BCUT2D eigenvalue weighted by atomic mass is 9.95. The second kappa shape index (κ2) is 7.04. The van der Waals surface area contributed by atoms with Gasteiger partial charge in [0.2, 0.25) is 5.91 Å². The maximum absolute atomic E-state index is 12.9. The van der Waals surface area contributed by atoms with E-state index in [1.165, 1.54) is 11.3 Å². The SMILES string of the molecule is COc1ccc(OC)c(-c2csc(NC(=O)C3(c4ccccc4)CC3)n2)c1. The third-order valence-electron chi connectivity index (χ3n) is 4.92. The summed E-state index contributed by atoms with van der Waals surface area (Å²) in [7, 11) is 3.24. The van der Waals surface area contributed by atoms with E-state index in [0.717, 1.165) is 35.4 Å². The molecule has 0 atom stereocenters. The van der Waals surface area contributed by atoms with Gasteiger partial charge in [0.05, 0.1) is 25.3 Å². The van der Waals surface area contributed by atoms with Crippen molar-refractivity contribution >= 4 is 22.4 Å². The first-order valence-electron chi connectivity index (χ1n) is 8.71. The van der Waals surface area contributed by atoms with Gasteiger partial charge in [-0.3, -0.25) is 4.79 Å². The molecule has 1 fully saturated rings. The number of amides is 1. The zero-order valence-corrected chi connectivity index (χ0v) is 16.0. The standard InChI is InChI=1S/C21H20N2O3S/c1-25-15-8-9-18(26-2)16(12-15)17-13-27-20(22-17)23-19(24)21(10-11-21)14-6-4-3-5-7-14/h3-9,12-13H,10-11H2,1-2H3,(H,22,23,24). The van der Waals surface area contributed by atoms with Gasteiger partial charge in [0.15, 0.2) is 5.13 Å². The summed E-state index contributed by atoms with van der Waals surface area (Å²) in [5.74, 6) is 1.44. The number of methoxy groups -OCH3 is 2. The van der Waals surface area contributed by atoms with Crippen LogP contribution in [0.2, 0.25) is 0 Å². The molecule has 0 unspecified atom stereocenters.